The van der Waals surface area contributed by atoms with Gasteiger partial charge < -0.3 is 15.3 Å². The Morgan fingerprint density at radius 3 is 2.44 bits per heavy atom. The Labute approximate surface area is 249 Å². The molecule has 2 aromatic carbocycles. The molecule has 0 amide bonds. The Balaban J connectivity index is 1.70. The van der Waals surface area contributed by atoms with E-state index < -0.39 is 0 Å². The molecule has 0 spiro atoms. The van der Waals surface area contributed by atoms with Crippen LogP contribution in [0.1, 0.15) is 84.8 Å². The molecule has 1 aliphatic heterocycles. The van der Waals surface area contributed by atoms with E-state index in [-0.39, 0.29) is 17.4 Å². The normalized spacial score (nSPS) is 20.7. The monoisotopic (exact) mass is 552 g/mol. The fourth-order valence-electron chi connectivity index (χ4n) is 6.99. The minimum absolute atomic E-state index is 0.0258. The van der Waals surface area contributed by atoms with Gasteiger partial charge in [-0.2, -0.15) is 0 Å². The molecule has 2 unspecified atom stereocenters. The molecule has 3 nitrogen and oxygen atoms in total. The Kier molecular flexibility index (Phi) is 9.70. The first-order valence-corrected chi connectivity index (χ1v) is 15.6. The predicted octanol–water partition coefficient (Wildman–Crippen LogP) is 9.33. The molecule has 0 saturated carbocycles. The fourth-order valence-corrected chi connectivity index (χ4v) is 6.99. The zero-order valence-corrected chi connectivity index (χ0v) is 26.7. The summed E-state index contributed by atoms with van der Waals surface area (Å²) in [6.07, 6.45) is 14.8. The van der Waals surface area contributed by atoms with Gasteiger partial charge in [-0.05, 0) is 95.4 Å². The molecule has 2 atom stereocenters. The standard InChI is InChI=1S/C38H52N2O/c1-27(24-26-41)28(2)36-29(17-14-25-37(3,4)31-18-9-11-20-33(31)39-7)15-13-16-30(36)22-23-35-38(5,6)32-19-10-12-21-34(32)40(35)8/h9-12,14,17-23,27-28,39,41H,13,15-16,24-26H2,1-8H3/b17-14+,30-22+,35-23+. The lowest BCUT2D eigenvalue weighted by atomic mass is 9.74. The highest BCUT2D eigenvalue weighted by Crippen LogP contribution is 2.47. The van der Waals surface area contributed by atoms with Gasteiger partial charge in [0.1, 0.15) is 0 Å². The average molecular weight is 553 g/mol. The maximum Gasteiger partial charge on any atom is 0.0447 e. The SMILES string of the molecule is CNc1ccccc1C(C)(C)C/C=C/C1=C(C(C)C(C)CCO)C(=C/C=C2/N(C)c3ccccc3C2(C)C)/CCC1. The molecule has 0 bridgehead atoms. The van der Waals surface area contributed by atoms with Crippen molar-refractivity contribution in [1.82, 2.24) is 0 Å². The molecule has 0 aromatic heterocycles. The summed E-state index contributed by atoms with van der Waals surface area (Å²) in [4.78, 5) is 2.36. The summed E-state index contributed by atoms with van der Waals surface area (Å²) < 4.78 is 0. The van der Waals surface area contributed by atoms with Gasteiger partial charge in [-0.25, -0.2) is 0 Å². The minimum atomic E-state index is -0.0330. The van der Waals surface area contributed by atoms with Crippen molar-refractivity contribution < 1.29 is 5.11 Å². The van der Waals surface area contributed by atoms with Crippen LogP contribution in [0.3, 0.4) is 0 Å². The van der Waals surface area contributed by atoms with Gasteiger partial charge in [0.25, 0.3) is 0 Å². The van der Waals surface area contributed by atoms with Crippen LogP contribution in [0.5, 0.6) is 0 Å². The number of rotatable bonds is 10. The lowest BCUT2D eigenvalue weighted by molar-refractivity contribution is 0.244. The zero-order chi connectivity index (χ0) is 29.8. The molecule has 220 valence electrons. The molecule has 2 N–H and O–H groups in total. The van der Waals surface area contributed by atoms with Gasteiger partial charge in [0.15, 0.2) is 0 Å². The van der Waals surface area contributed by atoms with Gasteiger partial charge in [-0.15, -0.1) is 0 Å². The van der Waals surface area contributed by atoms with Gasteiger partial charge in [0, 0.05) is 43.2 Å². The third-order valence-corrected chi connectivity index (χ3v) is 9.73. The number of nitrogens with one attached hydrogen (secondary N) is 1. The first-order chi connectivity index (χ1) is 19.5. The molecule has 4 rings (SSSR count). The number of para-hydroxylation sites is 2. The predicted molar refractivity (Wildman–Crippen MR) is 178 cm³/mol. The number of anilines is 2. The average Bonchev–Trinajstić information content (AvgIpc) is 3.15. The van der Waals surface area contributed by atoms with Crippen molar-refractivity contribution in [3.8, 4) is 0 Å². The van der Waals surface area contributed by atoms with Crippen LogP contribution in [0, 0.1) is 11.8 Å². The van der Waals surface area contributed by atoms with Crippen molar-refractivity contribution in [3.63, 3.8) is 0 Å². The quantitative estimate of drug-likeness (QED) is 0.308. The van der Waals surface area contributed by atoms with Crippen molar-refractivity contribution in [2.45, 2.75) is 84.5 Å². The van der Waals surface area contributed by atoms with E-state index in [1.807, 2.05) is 7.05 Å². The van der Waals surface area contributed by atoms with Crippen LogP contribution in [-0.4, -0.2) is 25.8 Å². The van der Waals surface area contributed by atoms with Gasteiger partial charge >= 0.3 is 0 Å². The number of allylic oxidation sites excluding steroid dienone is 8. The molecule has 41 heavy (non-hydrogen) atoms. The van der Waals surface area contributed by atoms with E-state index in [2.05, 4.69) is 132 Å². The zero-order valence-electron chi connectivity index (χ0n) is 26.7. The number of likely N-dealkylation sites (N-methyl/N-ethyl adjacent to an activating group) is 1. The first kappa shape index (κ1) is 30.9. The highest BCUT2D eigenvalue weighted by atomic mass is 16.3. The second-order valence-corrected chi connectivity index (χ2v) is 13.3. The number of aliphatic hydroxyl groups excluding tert-OH is 1. The third-order valence-electron chi connectivity index (χ3n) is 9.73. The van der Waals surface area contributed by atoms with E-state index in [4.69, 9.17) is 0 Å². The van der Waals surface area contributed by atoms with E-state index in [0.29, 0.717) is 11.8 Å². The largest absolute Gasteiger partial charge is 0.396 e. The number of hydrogen-bond donors (Lipinski definition) is 2. The summed E-state index contributed by atoms with van der Waals surface area (Å²) in [5, 5.41) is 13.1. The van der Waals surface area contributed by atoms with Crippen molar-refractivity contribution in [1.29, 1.82) is 0 Å². The maximum absolute atomic E-state index is 9.75. The summed E-state index contributed by atoms with van der Waals surface area (Å²) in [5.41, 5.74) is 11.0. The second-order valence-electron chi connectivity index (χ2n) is 13.3. The maximum atomic E-state index is 9.75. The van der Waals surface area contributed by atoms with Crippen molar-refractivity contribution in [2.75, 3.05) is 30.9 Å². The summed E-state index contributed by atoms with van der Waals surface area (Å²) in [5.74, 6) is 0.803. The van der Waals surface area contributed by atoms with Gasteiger partial charge in [0.05, 0.1) is 0 Å². The molecule has 3 heteroatoms. The third kappa shape index (κ3) is 6.41. The molecule has 2 aromatic rings. The second kappa shape index (κ2) is 12.9. The molecule has 1 aliphatic carbocycles. The van der Waals surface area contributed by atoms with Gasteiger partial charge in [-0.3, -0.25) is 0 Å². The van der Waals surface area contributed by atoms with Crippen LogP contribution >= 0.6 is 0 Å². The lowest BCUT2D eigenvalue weighted by Crippen LogP contribution is -2.23. The first-order valence-electron chi connectivity index (χ1n) is 15.6. The Morgan fingerprint density at radius 2 is 1.73 bits per heavy atom. The molecule has 0 saturated heterocycles. The van der Waals surface area contributed by atoms with E-state index in [0.717, 1.165) is 25.7 Å². The Hall–Kier alpha value is -3.04. The van der Waals surface area contributed by atoms with Crippen LogP contribution < -0.4 is 10.2 Å². The summed E-state index contributed by atoms with van der Waals surface area (Å²) >= 11 is 0. The van der Waals surface area contributed by atoms with Crippen LogP contribution in [0.2, 0.25) is 0 Å². The number of fused-ring (bicyclic) bond motifs is 1. The van der Waals surface area contributed by atoms with Crippen molar-refractivity contribution in [3.05, 3.63) is 106 Å². The van der Waals surface area contributed by atoms with Crippen LogP contribution in [0.25, 0.3) is 0 Å². The van der Waals surface area contributed by atoms with Crippen LogP contribution in [0.4, 0.5) is 11.4 Å². The number of aliphatic hydroxyl groups is 1. The van der Waals surface area contributed by atoms with Gasteiger partial charge in [0.2, 0.25) is 0 Å². The number of hydrogen-bond acceptors (Lipinski definition) is 3. The van der Waals surface area contributed by atoms with Gasteiger partial charge in [-0.1, -0.05) is 96.2 Å². The van der Waals surface area contributed by atoms with E-state index in [1.165, 1.54) is 51.3 Å². The molecule has 0 fully saturated rings. The van der Waals surface area contributed by atoms with Crippen molar-refractivity contribution >= 4 is 11.4 Å². The molecule has 0 radical (unpaired) electrons. The molecular weight excluding hydrogens is 500 g/mol. The summed E-state index contributed by atoms with van der Waals surface area (Å²) in [6.45, 7) is 14.3. The minimum Gasteiger partial charge on any atom is -0.396 e. The van der Waals surface area contributed by atoms with E-state index in [9.17, 15) is 5.11 Å². The molecular formula is C38H52N2O. The smallest absolute Gasteiger partial charge is 0.0447 e. The lowest BCUT2D eigenvalue weighted by Gasteiger charge is -2.31. The number of benzene rings is 2. The Bertz CT molecular complexity index is 1340. The topological polar surface area (TPSA) is 35.5 Å². The van der Waals surface area contributed by atoms with E-state index >= 15 is 0 Å². The fraction of sp³-hybridized carbons (Fsp3) is 0.474. The highest BCUT2D eigenvalue weighted by molar-refractivity contribution is 5.70. The van der Waals surface area contributed by atoms with Crippen LogP contribution in [-0.2, 0) is 10.8 Å². The molecule has 2 aliphatic rings. The van der Waals surface area contributed by atoms with Crippen LogP contribution in [0.15, 0.2) is 95.3 Å². The highest BCUT2D eigenvalue weighted by Gasteiger charge is 2.38. The summed E-state index contributed by atoms with van der Waals surface area (Å²) in [7, 11) is 4.20. The Morgan fingerprint density at radius 1 is 1.02 bits per heavy atom. The number of nitrogens with zero attached hydrogens (tertiary/aromatic N) is 1. The van der Waals surface area contributed by atoms with Crippen molar-refractivity contribution in [2.24, 2.45) is 11.8 Å². The van der Waals surface area contributed by atoms with E-state index in [1.54, 1.807) is 0 Å². The summed E-state index contributed by atoms with van der Waals surface area (Å²) in [6, 6.07) is 17.4. The molecule has 1 heterocycles.